The van der Waals surface area contributed by atoms with Gasteiger partial charge in [0.1, 0.15) is 0 Å². The van der Waals surface area contributed by atoms with E-state index in [-0.39, 0.29) is 0 Å². The topological polar surface area (TPSA) is 21.3 Å². The predicted molar refractivity (Wildman–Crippen MR) is 90.6 cm³/mol. The molecule has 3 rings (SSSR count). The summed E-state index contributed by atoms with van der Waals surface area (Å²) in [6, 6.07) is 15.4. The van der Waals surface area contributed by atoms with E-state index < -0.39 is 0 Å². The van der Waals surface area contributed by atoms with Gasteiger partial charge in [-0.3, -0.25) is 0 Å². The van der Waals surface area contributed by atoms with E-state index in [1.165, 1.54) is 36.0 Å². The summed E-state index contributed by atoms with van der Waals surface area (Å²) < 4.78 is 6.43. The van der Waals surface area contributed by atoms with E-state index in [0.717, 1.165) is 10.2 Å². The van der Waals surface area contributed by atoms with E-state index >= 15 is 0 Å². The lowest BCUT2D eigenvalue weighted by molar-refractivity contribution is 0.185. The predicted octanol–water partition coefficient (Wildman–Crippen LogP) is 5.09. The van der Waals surface area contributed by atoms with Crippen LogP contribution in [0.1, 0.15) is 35.6 Å². The smallest absolute Gasteiger partial charge is 0.0744 e. The molecule has 1 unspecified atom stereocenters. The number of rotatable bonds is 4. The summed E-state index contributed by atoms with van der Waals surface area (Å²) in [5, 5.41) is 3.72. The first-order valence-electron chi connectivity index (χ1n) is 7.40. The molecule has 2 aromatic carbocycles. The van der Waals surface area contributed by atoms with Gasteiger partial charge in [0.2, 0.25) is 0 Å². The third-order valence-corrected chi connectivity index (χ3v) is 4.85. The van der Waals surface area contributed by atoms with Gasteiger partial charge in [0.05, 0.1) is 12.6 Å². The summed E-state index contributed by atoms with van der Waals surface area (Å²) >= 11 is 3.62. The molecule has 0 bridgehead atoms. The molecule has 110 valence electrons. The van der Waals surface area contributed by atoms with Crippen molar-refractivity contribution in [2.45, 2.75) is 31.9 Å². The van der Waals surface area contributed by atoms with Crippen molar-refractivity contribution in [2.24, 2.45) is 0 Å². The van der Waals surface area contributed by atoms with Gasteiger partial charge in [0.25, 0.3) is 0 Å². The van der Waals surface area contributed by atoms with Gasteiger partial charge in [-0.05, 0) is 42.5 Å². The van der Waals surface area contributed by atoms with Crippen LogP contribution in [0, 0.1) is 0 Å². The second-order valence-corrected chi connectivity index (χ2v) is 6.34. The van der Waals surface area contributed by atoms with E-state index in [4.69, 9.17) is 4.74 Å². The number of hydrogen-bond acceptors (Lipinski definition) is 2. The Morgan fingerprint density at radius 3 is 2.90 bits per heavy atom. The average Bonchev–Trinajstić information content (AvgIpc) is 2.51. The molecule has 0 fully saturated rings. The Hall–Kier alpha value is -1.32. The van der Waals surface area contributed by atoms with Gasteiger partial charge in [-0.1, -0.05) is 46.3 Å². The molecule has 2 aromatic rings. The minimum Gasteiger partial charge on any atom is -0.380 e. The first-order chi connectivity index (χ1) is 10.3. The van der Waals surface area contributed by atoms with Crippen LogP contribution in [-0.2, 0) is 17.8 Å². The molecule has 0 aromatic heterocycles. The third kappa shape index (κ3) is 3.14. The molecule has 0 saturated heterocycles. The lowest BCUT2D eigenvalue weighted by atomic mass is 9.87. The quantitative estimate of drug-likeness (QED) is 0.833. The van der Waals surface area contributed by atoms with Crippen molar-refractivity contribution in [1.29, 1.82) is 0 Å². The molecule has 1 N–H and O–H groups in total. The van der Waals surface area contributed by atoms with Crippen molar-refractivity contribution in [1.82, 2.24) is 0 Å². The van der Waals surface area contributed by atoms with Crippen LogP contribution in [0.4, 0.5) is 5.69 Å². The lowest BCUT2D eigenvalue weighted by Gasteiger charge is -2.28. The molecule has 0 radical (unpaired) electrons. The molecule has 0 amide bonds. The van der Waals surface area contributed by atoms with Crippen LogP contribution in [0.15, 0.2) is 46.9 Å². The van der Waals surface area contributed by atoms with Crippen LogP contribution in [0.25, 0.3) is 0 Å². The largest absolute Gasteiger partial charge is 0.380 e. The van der Waals surface area contributed by atoms with E-state index in [2.05, 4.69) is 63.7 Å². The lowest BCUT2D eigenvalue weighted by Crippen LogP contribution is -2.18. The normalized spacial score (nSPS) is 17.3. The Balaban J connectivity index is 1.90. The number of methoxy groups -OCH3 is 1. The highest BCUT2D eigenvalue weighted by Crippen LogP contribution is 2.34. The number of benzene rings is 2. The molecular formula is C18H20BrNO. The monoisotopic (exact) mass is 345 g/mol. The summed E-state index contributed by atoms with van der Waals surface area (Å²) in [6.45, 7) is 0.609. The molecule has 1 aliphatic carbocycles. The Labute approximate surface area is 134 Å². The zero-order valence-corrected chi connectivity index (χ0v) is 13.8. The second-order valence-electron chi connectivity index (χ2n) is 5.49. The first-order valence-corrected chi connectivity index (χ1v) is 8.19. The van der Waals surface area contributed by atoms with Crippen LogP contribution >= 0.6 is 15.9 Å². The van der Waals surface area contributed by atoms with Crippen LogP contribution in [0.2, 0.25) is 0 Å². The molecule has 21 heavy (non-hydrogen) atoms. The highest BCUT2D eigenvalue weighted by molar-refractivity contribution is 9.10. The highest BCUT2D eigenvalue weighted by atomic mass is 79.9. The summed E-state index contributed by atoms with van der Waals surface area (Å²) in [5.41, 5.74) is 5.26. The fourth-order valence-electron chi connectivity index (χ4n) is 3.08. The number of fused-ring (bicyclic) bond motifs is 1. The van der Waals surface area contributed by atoms with Crippen LogP contribution in [0.3, 0.4) is 0 Å². The number of halogens is 1. The van der Waals surface area contributed by atoms with Crippen molar-refractivity contribution in [3.63, 3.8) is 0 Å². The number of hydrogen-bond donors (Lipinski definition) is 1. The highest BCUT2D eigenvalue weighted by Gasteiger charge is 2.20. The SMILES string of the molecule is COCc1c(Br)cccc1NC1CCCc2ccccc21. The Morgan fingerprint density at radius 2 is 2.05 bits per heavy atom. The van der Waals surface area contributed by atoms with E-state index in [0.29, 0.717) is 12.6 Å². The van der Waals surface area contributed by atoms with Gasteiger partial charge >= 0.3 is 0 Å². The Morgan fingerprint density at radius 1 is 1.19 bits per heavy atom. The maximum absolute atomic E-state index is 5.34. The molecule has 0 aliphatic heterocycles. The fourth-order valence-corrected chi connectivity index (χ4v) is 3.56. The minimum absolute atomic E-state index is 0.389. The third-order valence-electron chi connectivity index (χ3n) is 4.11. The standard InChI is InChI=1S/C18H20BrNO/c1-21-12-15-16(19)9-5-11-18(15)20-17-10-4-7-13-6-2-3-8-14(13)17/h2-3,5-6,8-9,11,17,20H,4,7,10,12H2,1H3. The van der Waals surface area contributed by atoms with Gasteiger partial charge < -0.3 is 10.1 Å². The zero-order chi connectivity index (χ0) is 14.7. The second kappa shape index (κ2) is 6.63. The van der Waals surface area contributed by atoms with E-state index in [1.807, 2.05) is 0 Å². The van der Waals surface area contributed by atoms with Gasteiger partial charge in [0.15, 0.2) is 0 Å². The fraction of sp³-hybridized carbons (Fsp3) is 0.333. The van der Waals surface area contributed by atoms with Gasteiger partial charge in [-0.15, -0.1) is 0 Å². The van der Waals surface area contributed by atoms with Gasteiger partial charge in [-0.25, -0.2) is 0 Å². The number of nitrogens with one attached hydrogen (secondary N) is 1. The van der Waals surface area contributed by atoms with Crippen LogP contribution in [-0.4, -0.2) is 7.11 Å². The molecule has 1 aliphatic rings. The number of anilines is 1. The zero-order valence-electron chi connectivity index (χ0n) is 12.2. The Bertz CT molecular complexity index is 626. The van der Waals surface area contributed by atoms with Crippen LogP contribution in [0.5, 0.6) is 0 Å². The van der Waals surface area contributed by atoms with Gasteiger partial charge in [0, 0.05) is 22.8 Å². The molecular weight excluding hydrogens is 326 g/mol. The number of aryl methyl sites for hydroxylation is 1. The van der Waals surface area contributed by atoms with Gasteiger partial charge in [-0.2, -0.15) is 0 Å². The maximum Gasteiger partial charge on any atom is 0.0744 e. The summed E-state index contributed by atoms with van der Waals surface area (Å²) in [6.07, 6.45) is 3.61. The summed E-state index contributed by atoms with van der Waals surface area (Å²) in [5.74, 6) is 0. The number of ether oxygens (including phenoxy) is 1. The molecule has 2 nitrogen and oxygen atoms in total. The first kappa shape index (κ1) is 14.6. The minimum atomic E-state index is 0.389. The van der Waals surface area contributed by atoms with Crippen molar-refractivity contribution < 1.29 is 4.74 Å². The molecule has 3 heteroatoms. The van der Waals surface area contributed by atoms with Crippen molar-refractivity contribution in [3.05, 3.63) is 63.6 Å². The van der Waals surface area contributed by atoms with E-state index in [9.17, 15) is 0 Å². The maximum atomic E-state index is 5.34. The average molecular weight is 346 g/mol. The molecule has 1 atom stereocenters. The summed E-state index contributed by atoms with van der Waals surface area (Å²) in [4.78, 5) is 0. The molecule has 0 saturated carbocycles. The molecule has 0 heterocycles. The van der Waals surface area contributed by atoms with Crippen molar-refractivity contribution in [3.8, 4) is 0 Å². The Kier molecular flexibility index (Phi) is 4.61. The summed E-state index contributed by atoms with van der Waals surface area (Å²) in [7, 11) is 1.74. The van der Waals surface area contributed by atoms with Crippen LogP contribution < -0.4 is 5.32 Å². The van der Waals surface area contributed by atoms with E-state index in [1.54, 1.807) is 7.11 Å². The molecule has 0 spiro atoms. The van der Waals surface area contributed by atoms with Crippen molar-refractivity contribution in [2.75, 3.05) is 12.4 Å². The van der Waals surface area contributed by atoms with Crippen molar-refractivity contribution >= 4 is 21.6 Å².